The molecular weight excluding hydrogens is 322 g/mol. The van der Waals surface area contributed by atoms with Crippen molar-refractivity contribution in [3.05, 3.63) is 57.6 Å². The van der Waals surface area contributed by atoms with Crippen LogP contribution in [0.15, 0.2) is 40.9 Å². The summed E-state index contributed by atoms with van der Waals surface area (Å²) in [6.45, 7) is 5.27. The Morgan fingerprint density at radius 3 is 2.67 bits per heavy atom. The molecular formula is C18H17N3O2S. The molecule has 1 amide bonds. The van der Waals surface area contributed by atoms with E-state index in [2.05, 4.69) is 10.1 Å². The van der Waals surface area contributed by atoms with E-state index in [0.717, 1.165) is 20.9 Å². The van der Waals surface area contributed by atoms with Crippen LogP contribution in [-0.2, 0) is 0 Å². The molecule has 0 aliphatic carbocycles. The van der Waals surface area contributed by atoms with Gasteiger partial charge in [0.15, 0.2) is 0 Å². The van der Waals surface area contributed by atoms with Crippen LogP contribution in [0.25, 0.3) is 11.4 Å². The van der Waals surface area contributed by atoms with Gasteiger partial charge in [0.2, 0.25) is 11.7 Å². The van der Waals surface area contributed by atoms with Gasteiger partial charge in [0.05, 0.1) is 11.5 Å². The lowest BCUT2D eigenvalue weighted by Crippen LogP contribution is -2.48. The fourth-order valence-corrected chi connectivity index (χ4v) is 3.84. The molecule has 24 heavy (non-hydrogen) atoms. The van der Waals surface area contributed by atoms with Crippen molar-refractivity contribution in [2.24, 2.45) is 0 Å². The van der Waals surface area contributed by atoms with E-state index < -0.39 is 0 Å². The minimum absolute atomic E-state index is 0.0934. The van der Waals surface area contributed by atoms with Crippen LogP contribution >= 0.6 is 11.3 Å². The lowest BCUT2D eigenvalue weighted by atomic mass is 9.99. The molecule has 122 valence electrons. The van der Waals surface area contributed by atoms with Crippen LogP contribution in [0.2, 0.25) is 0 Å². The molecule has 0 spiro atoms. The summed E-state index contributed by atoms with van der Waals surface area (Å²) in [6.07, 6.45) is 0. The summed E-state index contributed by atoms with van der Waals surface area (Å²) in [6, 6.07) is 11.7. The first-order valence-corrected chi connectivity index (χ1v) is 8.69. The van der Waals surface area contributed by atoms with Crippen molar-refractivity contribution in [1.82, 2.24) is 15.0 Å². The van der Waals surface area contributed by atoms with E-state index in [1.54, 1.807) is 11.3 Å². The Balaban J connectivity index is 1.44. The van der Waals surface area contributed by atoms with Gasteiger partial charge in [0.25, 0.3) is 5.91 Å². The summed E-state index contributed by atoms with van der Waals surface area (Å²) in [5, 5.41) is 4.05. The maximum atomic E-state index is 12.5. The third-order valence-corrected chi connectivity index (χ3v) is 5.23. The Kier molecular flexibility index (Phi) is 3.69. The second kappa shape index (κ2) is 5.87. The number of amides is 1. The summed E-state index contributed by atoms with van der Waals surface area (Å²) >= 11 is 1.66. The smallest absolute Gasteiger partial charge is 0.255 e. The summed E-state index contributed by atoms with van der Waals surface area (Å²) in [4.78, 5) is 21.1. The monoisotopic (exact) mass is 339 g/mol. The van der Waals surface area contributed by atoms with Gasteiger partial charge in [-0.1, -0.05) is 35.5 Å². The molecule has 5 nitrogen and oxygen atoms in total. The van der Waals surface area contributed by atoms with Crippen LogP contribution in [0.4, 0.5) is 0 Å². The first-order valence-electron chi connectivity index (χ1n) is 7.87. The number of likely N-dealkylation sites (tertiary alicyclic amines) is 1. The first-order chi connectivity index (χ1) is 11.6. The number of carbonyl (C=O) groups is 1. The maximum Gasteiger partial charge on any atom is 0.255 e. The average molecular weight is 339 g/mol. The zero-order valence-electron chi connectivity index (χ0n) is 13.5. The molecule has 3 aromatic rings. The van der Waals surface area contributed by atoms with Crippen molar-refractivity contribution in [3.8, 4) is 11.4 Å². The molecule has 1 fully saturated rings. The van der Waals surface area contributed by atoms with Gasteiger partial charge in [-0.3, -0.25) is 4.79 Å². The van der Waals surface area contributed by atoms with Gasteiger partial charge >= 0.3 is 0 Å². The van der Waals surface area contributed by atoms with E-state index in [9.17, 15) is 4.79 Å². The summed E-state index contributed by atoms with van der Waals surface area (Å²) in [7, 11) is 0. The quantitative estimate of drug-likeness (QED) is 0.731. The normalized spacial score (nSPS) is 14.7. The van der Waals surface area contributed by atoms with Crippen molar-refractivity contribution < 1.29 is 9.32 Å². The van der Waals surface area contributed by atoms with Crippen molar-refractivity contribution >= 4 is 17.2 Å². The van der Waals surface area contributed by atoms with E-state index in [0.29, 0.717) is 24.8 Å². The lowest BCUT2D eigenvalue weighted by molar-refractivity contribution is 0.0569. The Labute approximate surface area is 143 Å². The molecule has 1 aliphatic rings. The SMILES string of the molecule is Cc1cc(C(=O)N2CC(c3nc(-c4ccccc4)no3)C2)c(C)s1. The second-order valence-electron chi connectivity index (χ2n) is 6.06. The highest BCUT2D eigenvalue weighted by atomic mass is 32.1. The van der Waals surface area contributed by atoms with E-state index in [-0.39, 0.29) is 11.8 Å². The molecule has 0 radical (unpaired) electrons. The highest BCUT2D eigenvalue weighted by molar-refractivity contribution is 7.12. The maximum absolute atomic E-state index is 12.5. The molecule has 6 heteroatoms. The molecule has 1 saturated heterocycles. The molecule has 0 unspecified atom stereocenters. The Hall–Kier alpha value is -2.47. The fourth-order valence-electron chi connectivity index (χ4n) is 2.92. The Morgan fingerprint density at radius 1 is 1.25 bits per heavy atom. The van der Waals surface area contributed by atoms with Crippen LogP contribution in [0.3, 0.4) is 0 Å². The second-order valence-corrected chi connectivity index (χ2v) is 7.52. The Morgan fingerprint density at radius 2 is 2.00 bits per heavy atom. The van der Waals surface area contributed by atoms with Gasteiger partial charge in [-0.05, 0) is 19.9 Å². The highest BCUT2D eigenvalue weighted by Crippen LogP contribution is 2.30. The van der Waals surface area contributed by atoms with Crippen LogP contribution in [0, 0.1) is 13.8 Å². The van der Waals surface area contributed by atoms with Crippen molar-refractivity contribution in [2.45, 2.75) is 19.8 Å². The van der Waals surface area contributed by atoms with Gasteiger partial charge in [-0.25, -0.2) is 0 Å². The Bertz CT molecular complexity index is 879. The fraction of sp³-hybridized carbons (Fsp3) is 0.278. The molecule has 3 heterocycles. The minimum Gasteiger partial charge on any atom is -0.339 e. The number of benzene rings is 1. The van der Waals surface area contributed by atoms with E-state index >= 15 is 0 Å². The summed E-state index contributed by atoms with van der Waals surface area (Å²) in [5.74, 6) is 1.42. The van der Waals surface area contributed by atoms with Crippen LogP contribution in [-0.4, -0.2) is 34.0 Å². The predicted octanol–water partition coefficient (Wildman–Crippen LogP) is 3.65. The number of aryl methyl sites for hydroxylation is 2. The molecule has 2 aromatic heterocycles. The summed E-state index contributed by atoms with van der Waals surface area (Å²) in [5.41, 5.74) is 1.75. The van der Waals surface area contributed by atoms with Crippen molar-refractivity contribution in [2.75, 3.05) is 13.1 Å². The minimum atomic E-state index is 0.0934. The van der Waals surface area contributed by atoms with Crippen LogP contribution in [0.1, 0.15) is 31.9 Å². The van der Waals surface area contributed by atoms with Crippen LogP contribution in [0.5, 0.6) is 0 Å². The number of hydrogen-bond acceptors (Lipinski definition) is 5. The lowest BCUT2D eigenvalue weighted by Gasteiger charge is -2.37. The number of rotatable bonds is 3. The van der Waals surface area contributed by atoms with Gasteiger partial charge in [-0.2, -0.15) is 4.98 Å². The number of carbonyl (C=O) groups excluding carboxylic acids is 1. The average Bonchev–Trinajstić information content (AvgIpc) is 3.13. The number of thiophene rings is 1. The molecule has 1 aliphatic heterocycles. The first kappa shape index (κ1) is 15.1. The zero-order chi connectivity index (χ0) is 16.7. The molecule has 0 bridgehead atoms. The van der Waals surface area contributed by atoms with Crippen molar-refractivity contribution in [1.29, 1.82) is 0 Å². The van der Waals surface area contributed by atoms with E-state index in [4.69, 9.17) is 4.52 Å². The summed E-state index contributed by atoms with van der Waals surface area (Å²) < 4.78 is 5.39. The number of hydrogen-bond donors (Lipinski definition) is 0. The topological polar surface area (TPSA) is 59.2 Å². The molecule has 1 aromatic carbocycles. The van der Waals surface area contributed by atoms with E-state index in [1.165, 1.54) is 0 Å². The van der Waals surface area contributed by atoms with Gasteiger partial charge in [0, 0.05) is 28.4 Å². The van der Waals surface area contributed by atoms with Gasteiger partial charge < -0.3 is 9.42 Å². The van der Waals surface area contributed by atoms with Crippen LogP contribution < -0.4 is 0 Å². The van der Waals surface area contributed by atoms with Crippen molar-refractivity contribution in [3.63, 3.8) is 0 Å². The highest BCUT2D eigenvalue weighted by Gasteiger charge is 2.36. The molecule has 4 rings (SSSR count). The molecule has 0 saturated carbocycles. The molecule has 0 N–H and O–H groups in total. The van der Waals surface area contributed by atoms with Gasteiger partial charge in [-0.15, -0.1) is 11.3 Å². The third-order valence-electron chi connectivity index (χ3n) is 4.26. The largest absolute Gasteiger partial charge is 0.339 e. The molecule has 0 atom stereocenters. The van der Waals surface area contributed by atoms with E-state index in [1.807, 2.05) is 55.1 Å². The standard InChI is InChI=1S/C18H17N3O2S/c1-11-8-15(12(2)24-11)18(22)21-9-14(10-21)17-19-16(20-23-17)13-6-4-3-5-7-13/h3-8,14H,9-10H2,1-2H3. The zero-order valence-corrected chi connectivity index (χ0v) is 14.3. The number of nitrogens with zero attached hydrogens (tertiary/aromatic N) is 3. The van der Waals surface area contributed by atoms with Gasteiger partial charge in [0.1, 0.15) is 0 Å². The third kappa shape index (κ3) is 2.63. The number of aromatic nitrogens is 2. The predicted molar refractivity (Wildman–Crippen MR) is 92.2 cm³/mol.